The van der Waals surface area contributed by atoms with Crippen molar-refractivity contribution >= 4 is 49.6 Å². The van der Waals surface area contributed by atoms with Crippen LogP contribution in [0.15, 0.2) is 130 Å². The number of carbonyl (C=O) groups excluding carboxylic acids is 2. The topological polar surface area (TPSA) is 95.9 Å². The summed E-state index contributed by atoms with van der Waals surface area (Å²) < 4.78 is 6.96. The second-order valence-corrected chi connectivity index (χ2v) is 12.2. The summed E-state index contributed by atoms with van der Waals surface area (Å²) in [5.41, 5.74) is 5.19. The van der Waals surface area contributed by atoms with Gasteiger partial charge in [-0.25, -0.2) is 4.79 Å². The third kappa shape index (κ3) is 8.71. The minimum Gasteiger partial charge on any atom is -0.474 e. The number of rotatable bonds is 11. The van der Waals surface area contributed by atoms with Crippen molar-refractivity contribution in [1.29, 1.82) is 0 Å². The number of carboxylic acids is 1. The third-order valence-electron chi connectivity index (χ3n) is 7.26. The predicted octanol–water partition coefficient (Wildman–Crippen LogP) is 8.26. The Bertz CT molecular complexity index is 1790. The summed E-state index contributed by atoms with van der Waals surface area (Å²) in [6, 6.07) is 38.2. The Balaban J connectivity index is 1.21. The predicted molar refractivity (Wildman–Crippen MR) is 185 cm³/mol. The minimum atomic E-state index is -1.55. The standard InChI is InChI=1S/C37H30Br2N2O5/c38-33-21-29(35(42)40-20-19-25-11-15-28(16-12-25)27-7-3-1-4-8-27)22-34(39)32(33)24-41(36(43)37(44)45)23-26-13-17-31(18-14-26)46-30-9-5-2-6-10-30/h1-18,21-22H,19-20,23-24H2,(H,40,42)(H,44,45). The molecule has 2 N–H and O–H groups in total. The van der Waals surface area contributed by atoms with Crippen molar-refractivity contribution in [3.05, 3.63) is 153 Å². The molecule has 0 unspecified atom stereocenters. The number of para-hydroxylation sites is 1. The summed E-state index contributed by atoms with van der Waals surface area (Å²) in [7, 11) is 0. The van der Waals surface area contributed by atoms with Crippen LogP contribution in [0.4, 0.5) is 0 Å². The second-order valence-electron chi connectivity index (χ2n) is 10.5. The molecule has 0 bridgehead atoms. The molecule has 0 fully saturated rings. The zero-order chi connectivity index (χ0) is 32.5. The smallest absolute Gasteiger partial charge is 0.394 e. The lowest BCUT2D eigenvalue weighted by Gasteiger charge is -2.23. The van der Waals surface area contributed by atoms with Crippen molar-refractivity contribution in [3.8, 4) is 22.6 Å². The van der Waals surface area contributed by atoms with Crippen LogP contribution in [0, 0.1) is 0 Å². The average molecular weight is 742 g/mol. The van der Waals surface area contributed by atoms with Crippen LogP contribution in [-0.2, 0) is 29.1 Å². The number of halogens is 2. The molecule has 0 saturated heterocycles. The van der Waals surface area contributed by atoms with E-state index in [0.717, 1.165) is 22.3 Å². The first-order valence-corrected chi connectivity index (χ1v) is 16.1. The van der Waals surface area contributed by atoms with E-state index < -0.39 is 11.9 Å². The van der Waals surface area contributed by atoms with E-state index in [0.29, 0.717) is 44.5 Å². The number of carboxylic acid groups (broad SMARTS) is 1. The molecule has 0 radical (unpaired) electrons. The van der Waals surface area contributed by atoms with Crippen molar-refractivity contribution in [2.45, 2.75) is 19.5 Å². The zero-order valence-electron chi connectivity index (χ0n) is 24.7. The largest absolute Gasteiger partial charge is 0.474 e. The molecular weight excluding hydrogens is 712 g/mol. The summed E-state index contributed by atoms with van der Waals surface area (Å²) >= 11 is 7.05. The number of ether oxygens (including phenoxy) is 1. The Hall–Kier alpha value is -4.73. The van der Waals surface area contributed by atoms with Crippen LogP contribution >= 0.6 is 31.9 Å². The Morgan fingerprint density at radius 2 is 1.22 bits per heavy atom. The summed E-state index contributed by atoms with van der Waals surface area (Å²) in [6.07, 6.45) is 0.673. The van der Waals surface area contributed by atoms with E-state index in [1.165, 1.54) is 4.90 Å². The van der Waals surface area contributed by atoms with Gasteiger partial charge in [0.25, 0.3) is 5.91 Å². The molecule has 2 amide bonds. The lowest BCUT2D eigenvalue weighted by molar-refractivity contribution is -0.156. The van der Waals surface area contributed by atoms with Gasteiger partial charge in [0.05, 0.1) is 0 Å². The number of hydrogen-bond acceptors (Lipinski definition) is 4. The van der Waals surface area contributed by atoms with Gasteiger partial charge in [-0.1, -0.05) is 117 Å². The van der Waals surface area contributed by atoms with Gasteiger partial charge in [0.15, 0.2) is 0 Å². The number of aliphatic carboxylic acids is 1. The van der Waals surface area contributed by atoms with E-state index in [2.05, 4.69) is 73.6 Å². The highest BCUT2D eigenvalue weighted by molar-refractivity contribution is 9.11. The van der Waals surface area contributed by atoms with E-state index in [4.69, 9.17) is 4.74 Å². The zero-order valence-corrected chi connectivity index (χ0v) is 27.8. The fourth-order valence-electron chi connectivity index (χ4n) is 4.84. The Morgan fingerprint density at radius 1 is 0.674 bits per heavy atom. The van der Waals surface area contributed by atoms with Crippen molar-refractivity contribution in [1.82, 2.24) is 10.2 Å². The van der Waals surface area contributed by atoms with Gasteiger partial charge < -0.3 is 20.1 Å². The van der Waals surface area contributed by atoms with E-state index in [1.807, 2.05) is 48.5 Å². The molecule has 0 aliphatic rings. The second kappa shape index (κ2) is 15.5. The monoisotopic (exact) mass is 740 g/mol. The third-order valence-corrected chi connectivity index (χ3v) is 8.67. The van der Waals surface area contributed by atoms with Gasteiger partial charge in [-0.3, -0.25) is 9.59 Å². The molecule has 0 aliphatic carbocycles. The van der Waals surface area contributed by atoms with Crippen LogP contribution in [0.5, 0.6) is 11.5 Å². The van der Waals surface area contributed by atoms with E-state index in [9.17, 15) is 19.5 Å². The molecule has 9 heteroatoms. The van der Waals surface area contributed by atoms with Crippen molar-refractivity contribution in [2.75, 3.05) is 6.54 Å². The number of hydrogen-bond donors (Lipinski definition) is 2. The van der Waals surface area contributed by atoms with Crippen molar-refractivity contribution < 1.29 is 24.2 Å². The van der Waals surface area contributed by atoms with Crippen LogP contribution in [0.1, 0.15) is 27.0 Å². The number of benzene rings is 5. The summed E-state index contributed by atoms with van der Waals surface area (Å²) in [5, 5.41) is 12.5. The molecule has 0 spiro atoms. The van der Waals surface area contributed by atoms with E-state index in [-0.39, 0.29) is 19.0 Å². The number of carbonyl (C=O) groups is 3. The maximum absolute atomic E-state index is 13.0. The normalized spacial score (nSPS) is 10.7. The fraction of sp³-hybridized carbons (Fsp3) is 0.108. The lowest BCUT2D eigenvalue weighted by atomic mass is 10.0. The highest BCUT2D eigenvalue weighted by Gasteiger charge is 2.24. The van der Waals surface area contributed by atoms with Crippen molar-refractivity contribution in [3.63, 3.8) is 0 Å². The van der Waals surface area contributed by atoms with Crippen LogP contribution in [0.2, 0.25) is 0 Å². The SMILES string of the molecule is O=C(O)C(=O)N(Cc1ccc(Oc2ccccc2)cc1)Cc1c(Br)cc(C(=O)NCCc2ccc(-c3ccccc3)cc2)cc1Br. The molecule has 232 valence electrons. The molecule has 5 rings (SSSR count). The van der Waals surface area contributed by atoms with Crippen LogP contribution in [0.25, 0.3) is 11.1 Å². The highest BCUT2D eigenvalue weighted by Crippen LogP contribution is 2.30. The molecule has 0 heterocycles. The highest BCUT2D eigenvalue weighted by atomic mass is 79.9. The fourth-order valence-corrected chi connectivity index (χ4v) is 6.27. The first-order chi connectivity index (χ1) is 22.3. The summed E-state index contributed by atoms with van der Waals surface area (Å²) in [4.78, 5) is 38.6. The van der Waals surface area contributed by atoms with E-state index in [1.54, 1.807) is 36.4 Å². The molecule has 46 heavy (non-hydrogen) atoms. The first kappa shape index (κ1) is 32.7. The first-order valence-electron chi connectivity index (χ1n) is 14.5. The Kier molecular flexibility index (Phi) is 11.0. The van der Waals surface area contributed by atoms with Gasteiger partial charge in [-0.15, -0.1) is 0 Å². The molecule has 5 aromatic carbocycles. The Morgan fingerprint density at radius 3 is 1.83 bits per heavy atom. The quantitative estimate of drug-likeness (QED) is 0.133. The number of nitrogens with zero attached hydrogens (tertiary/aromatic N) is 1. The van der Waals surface area contributed by atoms with Gasteiger partial charge in [-0.05, 0) is 70.6 Å². The van der Waals surface area contributed by atoms with E-state index >= 15 is 0 Å². The van der Waals surface area contributed by atoms with Gasteiger partial charge in [-0.2, -0.15) is 0 Å². The maximum atomic E-state index is 13.0. The van der Waals surface area contributed by atoms with Gasteiger partial charge in [0.1, 0.15) is 11.5 Å². The van der Waals surface area contributed by atoms with Gasteiger partial charge >= 0.3 is 11.9 Å². The summed E-state index contributed by atoms with van der Waals surface area (Å²) in [6.45, 7) is 0.510. The Labute approximate surface area is 284 Å². The number of amides is 2. The average Bonchev–Trinajstić information content (AvgIpc) is 3.07. The number of nitrogens with one attached hydrogen (secondary N) is 1. The van der Waals surface area contributed by atoms with Gasteiger partial charge in [0, 0.05) is 34.1 Å². The molecule has 0 saturated carbocycles. The molecule has 0 atom stereocenters. The van der Waals surface area contributed by atoms with Crippen LogP contribution in [0.3, 0.4) is 0 Å². The summed E-state index contributed by atoms with van der Waals surface area (Å²) in [5.74, 6) is -1.53. The molecule has 5 aromatic rings. The van der Waals surface area contributed by atoms with Gasteiger partial charge in [0.2, 0.25) is 0 Å². The maximum Gasteiger partial charge on any atom is 0.394 e. The lowest BCUT2D eigenvalue weighted by Crippen LogP contribution is -2.35. The van der Waals surface area contributed by atoms with Crippen molar-refractivity contribution in [2.24, 2.45) is 0 Å². The van der Waals surface area contributed by atoms with Crippen LogP contribution in [-0.4, -0.2) is 34.3 Å². The molecular formula is C37H30Br2N2O5. The molecule has 0 aliphatic heterocycles. The molecule has 7 nitrogen and oxygen atoms in total. The molecule has 0 aromatic heterocycles. The van der Waals surface area contributed by atoms with Crippen LogP contribution < -0.4 is 10.1 Å². The minimum absolute atomic E-state index is 0.00452.